The molecule has 0 bridgehead atoms. The maximum Gasteiger partial charge on any atom is 0.258 e. The Bertz CT molecular complexity index is 1320. The summed E-state index contributed by atoms with van der Waals surface area (Å²) in [5, 5.41) is 13.5. The smallest absolute Gasteiger partial charge is 0.258 e. The average molecular weight is 423 g/mol. The summed E-state index contributed by atoms with van der Waals surface area (Å²) in [6.07, 6.45) is 3.07. The van der Waals surface area contributed by atoms with Gasteiger partial charge in [-0.25, -0.2) is 9.37 Å². The van der Waals surface area contributed by atoms with Crippen molar-refractivity contribution < 1.29 is 15.7 Å². The Morgan fingerprint density at radius 3 is 2.74 bits per heavy atom. The van der Waals surface area contributed by atoms with E-state index in [0.29, 0.717) is 27.6 Å². The molecule has 7 nitrogen and oxygen atoms in total. The first-order valence-electron chi connectivity index (χ1n) is 10.4. The van der Waals surface area contributed by atoms with E-state index in [-0.39, 0.29) is 23.5 Å². The van der Waals surface area contributed by atoms with Crippen LogP contribution in [0.25, 0.3) is 22.0 Å². The number of nitrogens with zero attached hydrogens (tertiary/aromatic N) is 3. The van der Waals surface area contributed by atoms with Gasteiger partial charge in [-0.1, -0.05) is 12.2 Å². The molecule has 1 amide bonds. The van der Waals surface area contributed by atoms with Crippen molar-refractivity contribution in [3.63, 3.8) is 0 Å². The molecule has 31 heavy (non-hydrogen) atoms. The van der Waals surface area contributed by atoms with Crippen LogP contribution in [0, 0.1) is 12.8 Å². The molecule has 0 aromatic carbocycles. The van der Waals surface area contributed by atoms with Crippen LogP contribution in [0.15, 0.2) is 47.5 Å². The quantitative estimate of drug-likeness (QED) is 0.614. The number of carbonyl (C=O) groups excluding carboxylic acids is 1. The molecule has 0 radical (unpaired) electrons. The van der Waals surface area contributed by atoms with Crippen LogP contribution in [0.5, 0.6) is 0 Å². The molecule has 2 N–H and O–H groups in total. The van der Waals surface area contributed by atoms with Crippen LogP contribution in [-0.2, 0) is 11.8 Å². The average Bonchev–Trinajstić information content (AvgIpc) is 3.48. The third kappa shape index (κ3) is 3.98. The molecule has 160 valence electrons. The van der Waals surface area contributed by atoms with Crippen LogP contribution in [-0.4, -0.2) is 31.7 Å². The molecule has 1 saturated carbocycles. The van der Waals surface area contributed by atoms with Crippen LogP contribution in [0.2, 0.25) is 0 Å². The molecule has 3 atom stereocenters. The highest BCUT2D eigenvalue weighted by molar-refractivity contribution is 5.95. The van der Waals surface area contributed by atoms with Crippen molar-refractivity contribution >= 4 is 22.6 Å². The van der Waals surface area contributed by atoms with Crippen molar-refractivity contribution in [1.29, 1.82) is 0 Å². The van der Waals surface area contributed by atoms with Crippen LogP contribution in [0.3, 0.4) is 0 Å². The van der Waals surface area contributed by atoms with E-state index < -0.39 is 24.1 Å². The number of nitrogens with one attached hydrogen (secondary N) is 1. The summed E-state index contributed by atoms with van der Waals surface area (Å²) in [5.74, 6) is -0.795. The number of alkyl halides is 1. The molecule has 0 aliphatic heterocycles. The van der Waals surface area contributed by atoms with E-state index in [2.05, 4.69) is 15.3 Å². The Kier molecular flexibility index (Phi) is 5.07. The molecule has 0 unspecified atom stereocenters. The number of pyridine rings is 3. The first-order valence-corrected chi connectivity index (χ1v) is 9.91. The molecular weight excluding hydrogens is 399 g/mol. The molecule has 0 spiro atoms. The van der Waals surface area contributed by atoms with Gasteiger partial charge in [0.05, 0.1) is 18.5 Å². The number of hydrogen-bond acceptors (Lipinski definition) is 5. The SMILES string of the molecule is [2H][C@](O)(/C=C/C)c1cc(C)c(-c2cc3cnc(NC(=O)[C@H]4C[C@H]4F)cc3n(C)c2=O)cn1. The summed E-state index contributed by atoms with van der Waals surface area (Å²) in [6, 6.07) is 4.86. The number of aliphatic hydroxyl groups is 1. The summed E-state index contributed by atoms with van der Waals surface area (Å²) < 4.78 is 22.6. The van der Waals surface area contributed by atoms with Crippen molar-refractivity contribution in [1.82, 2.24) is 14.5 Å². The molecule has 1 aliphatic carbocycles. The lowest BCUT2D eigenvalue weighted by molar-refractivity contribution is -0.117. The summed E-state index contributed by atoms with van der Waals surface area (Å²) in [5.41, 5.74) is 2.10. The zero-order chi connectivity index (χ0) is 23.2. The fourth-order valence-corrected chi connectivity index (χ4v) is 3.50. The van der Waals surface area contributed by atoms with Gasteiger partial charge in [-0.2, -0.15) is 0 Å². The highest BCUT2D eigenvalue weighted by atomic mass is 19.1. The fourth-order valence-electron chi connectivity index (χ4n) is 3.50. The summed E-state index contributed by atoms with van der Waals surface area (Å²) >= 11 is 0. The number of fused-ring (bicyclic) bond motifs is 1. The minimum atomic E-state index is -1.96. The second kappa shape index (κ2) is 8.03. The molecular formula is C23H23FN4O3. The van der Waals surface area contributed by atoms with Gasteiger partial charge in [-0.3, -0.25) is 14.6 Å². The maximum atomic E-state index is 13.1. The lowest BCUT2D eigenvalue weighted by atomic mass is 10.0. The predicted molar refractivity (Wildman–Crippen MR) is 116 cm³/mol. The third-order valence-corrected chi connectivity index (χ3v) is 5.40. The van der Waals surface area contributed by atoms with E-state index in [1.54, 1.807) is 51.4 Å². The summed E-state index contributed by atoms with van der Waals surface area (Å²) in [7, 11) is 1.62. The topological polar surface area (TPSA) is 97.1 Å². The number of hydrogen-bond donors (Lipinski definition) is 2. The van der Waals surface area contributed by atoms with Crippen LogP contribution in [0.4, 0.5) is 10.2 Å². The van der Waals surface area contributed by atoms with Crippen LogP contribution in [0.1, 0.15) is 32.1 Å². The standard InChI is InChI=1S/C23H23FN4O3/c1-4-5-20(29)18-6-12(2)16(11-25-18)14-7-13-10-26-21(9-19(13)28(3)23(14)31)27-22(30)15-8-17(15)24/h4-7,9-11,15,17,20,29H,8H2,1-3H3,(H,26,27,30)/b5-4+/t15-,17+,20-/m0/s1/i20D. The van der Waals surface area contributed by atoms with Crippen molar-refractivity contribution in [3.05, 3.63) is 64.4 Å². The second-order valence-electron chi connectivity index (χ2n) is 7.67. The minimum Gasteiger partial charge on any atom is -0.383 e. The monoisotopic (exact) mass is 423 g/mol. The van der Waals surface area contributed by atoms with Gasteiger partial charge in [0, 0.05) is 42.0 Å². The molecule has 1 aliphatic rings. The Hall–Kier alpha value is -3.39. The van der Waals surface area contributed by atoms with E-state index in [4.69, 9.17) is 1.37 Å². The Balaban J connectivity index is 1.73. The number of amides is 1. The zero-order valence-electron chi connectivity index (χ0n) is 18.4. The highest BCUT2D eigenvalue weighted by Gasteiger charge is 2.43. The molecule has 1 fully saturated rings. The normalized spacial score (nSPS) is 20.5. The van der Waals surface area contributed by atoms with E-state index in [1.807, 2.05) is 0 Å². The highest BCUT2D eigenvalue weighted by Crippen LogP contribution is 2.34. The van der Waals surface area contributed by atoms with Gasteiger partial charge < -0.3 is 15.0 Å². The Morgan fingerprint density at radius 2 is 2.10 bits per heavy atom. The number of aromatic nitrogens is 3. The Labute approximate surface area is 179 Å². The second-order valence-corrected chi connectivity index (χ2v) is 7.67. The first kappa shape index (κ1) is 19.6. The summed E-state index contributed by atoms with van der Waals surface area (Å²) in [4.78, 5) is 33.5. The van der Waals surface area contributed by atoms with Gasteiger partial charge in [0.2, 0.25) is 5.91 Å². The summed E-state index contributed by atoms with van der Waals surface area (Å²) in [6.45, 7) is 3.48. The van der Waals surface area contributed by atoms with Gasteiger partial charge in [-0.15, -0.1) is 0 Å². The van der Waals surface area contributed by atoms with Gasteiger partial charge in [0.1, 0.15) is 18.1 Å². The van der Waals surface area contributed by atoms with Gasteiger partial charge in [0.15, 0.2) is 0 Å². The number of carbonyl (C=O) groups is 1. The predicted octanol–water partition coefficient (Wildman–Crippen LogP) is 3.21. The van der Waals surface area contributed by atoms with Crippen molar-refractivity contribution in [2.24, 2.45) is 13.0 Å². The number of anilines is 1. The van der Waals surface area contributed by atoms with Crippen molar-refractivity contribution in [2.75, 3.05) is 5.32 Å². The molecule has 3 aromatic rings. The lowest BCUT2D eigenvalue weighted by Gasteiger charge is -2.13. The number of allylic oxidation sites excluding steroid dienone is 1. The third-order valence-electron chi connectivity index (χ3n) is 5.40. The van der Waals surface area contributed by atoms with Crippen LogP contribution < -0.4 is 10.9 Å². The van der Waals surface area contributed by atoms with Gasteiger partial charge in [0.25, 0.3) is 5.56 Å². The van der Waals surface area contributed by atoms with E-state index in [0.717, 1.165) is 0 Å². The number of halogens is 1. The van der Waals surface area contributed by atoms with Crippen LogP contribution >= 0.6 is 0 Å². The maximum absolute atomic E-state index is 13.1. The van der Waals surface area contributed by atoms with Crippen molar-refractivity contribution in [3.8, 4) is 11.1 Å². The molecule has 8 heteroatoms. The fraction of sp³-hybridized carbons (Fsp3) is 0.304. The van der Waals surface area contributed by atoms with E-state index in [1.165, 1.54) is 16.8 Å². The first-order chi connectivity index (χ1) is 15.1. The molecule has 3 aromatic heterocycles. The zero-order valence-corrected chi connectivity index (χ0v) is 17.4. The van der Waals surface area contributed by atoms with Crippen molar-refractivity contribution in [2.45, 2.75) is 32.5 Å². The largest absolute Gasteiger partial charge is 0.383 e. The number of rotatable bonds is 5. The Morgan fingerprint density at radius 1 is 1.35 bits per heavy atom. The minimum absolute atomic E-state index is 0.155. The molecule has 0 saturated heterocycles. The lowest BCUT2D eigenvalue weighted by Crippen LogP contribution is -2.20. The molecule has 3 heterocycles. The van der Waals surface area contributed by atoms with Gasteiger partial charge in [-0.05, 0) is 38.0 Å². The van der Waals surface area contributed by atoms with E-state index >= 15 is 0 Å². The van der Waals surface area contributed by atoms with E-state index in [9.17, 15) is 19.1 Å². The number of aryl methyl sites for hydroxylation is 2. The molecule has 4 rings (SSSR count). The van der Waals surface area contributed by atoms with Gasteiger partial charge >= 0.3 is 0 Å².